The molecule has 1 aromatic heterocycles. The van der Waals surface area contributed by atoms with Crippen LogP contribution in [0, 0.1) is 0 Å². The van der Waals surface area contributed by atoms with E-state index in [0.29, 0.717) is 10.7 Å². The molecule has 1 unspecified atom stereocenters. The van der Waals surface area contributed by atoms with Crippen LogP contribution in [0.15, 0.2) is 16.9 Å². The number of likely N-dealkylation sites (N-methyl/N-ethyl adjacent to an activating group) is 1. The lowest BCUT2D eigenvalue weighted by atomic mass is 9.88. The predicted octanol–water partition coefficient (Wildman–Crippen LogP) is 1.78. The lowest BCUT2D eigenvalue weighted by Crippen LogP contribution is -2.37. The zero-order chi connectivity index (χ0) is 17.5. The van der Waals surface area contributed by atoms with Crippen molar-refractivity contribution in [2.24, 2.45) is 5.73 Å². The average molecular weight is 352 g/mol. The van der Waals surface area contributed by atoms with E-state index in [9.17, 15) is 18.0 Å². The molecule has 0 bridgehead atoms. The summed E-state index contributed by atoms with van der Waals surface area (Å²) in [5.41, 5.74) is 8.71. The number of hydrogen-bond donors (Lipinski definition) is 3. The van der Waals surface area contributed by atoms with Crippen molar-refractivity contribution < 1.29 is 27.9 Å². The van der Waals surface area contributed by atoms with Crippen molar-refractivity contribution in [2.45, 2.75) is 18.6 Å². The Kier molecular flexibility index (Phi) is 4.45. The number of H-pyrrole nitrogens is 1. The van der Waals surface area contributed by atoms with Gasteiger partial charge in [-0.25, -0.2) is 4.79 Å². The van der Waals surface area contributed by atoms with Crippen LogP contribution in [0.2, 0.25) is 0 Å². The maximum atomic E-state index is 11.9. The zero-order valence-electron chi connectivity index (χ0n) is 11.9. The number of nitrogens with one attached hydrogen (secondary N) is 1. The van der Waals surface area contributed by atoms with Gasteiger partial charge in [-0.2, -0.15) is 13.2 Å². The number of rotatable bonds is 0. The van der Waals surface area contributed by atoms with Crippen LogP contribution in [0.3, 0.4) is 0 Å². The topological polar surface area (TPSA) is 99.4 Å². The van der Waals surface area contributed by atoms with Gasteiger partial charge in [-0.15, -0.1) is 0 Å². The summed E-state index contributed by atoms with van der Waals surface area (Å²) < 4.78 is 31.7. The minimum atomic E-state index is -5.08. The third-order valence-corrected chi connectivity index (χ3v) is 4.08. The zero-order valence-corrected chi connectivity index (χ0v) is 12.6. The molecule has 10 heteroatoms. The van der Waals surface area contributed by atoms with Gasteiger partial charge in [-0.3, -0.25) is 9.69 Å². The highest BCUT2D eigenvalue weighted by Crippen LogP contribution is 2.42. The fraction of sp³-hybridized carbons (Fsp3) is 0.385. The summed E-state index contributed by atoms with van der Waals surface area (Å²) in [7, 11) is 2.00. The number of aromatic amines is 1. The van der Waals surface area contributed by atoms with Crippen LogP contribution in [0.1, 0.15) is 27.7 Å². The van der Waals surface area contributed by atoms with Crippen molar-refractivity contribution in [1.29, 1.82) is 0 Å². The smallest absolute Gasteiger partial charge is 0.475 e. The van der Waals surface area contributed by atoms with Gasteiger partial charge in [0.15, 0.2) is 0 Å². The van der Waals surface area contributed by atoms with Crippen molar-refractivity contribution in [3.63, 3.8) is 0 Å². The quantitative estimate of drug-likeness (QED) is 0.661. The number of halogens is 4. The fourth-order valence-electron chi connectivity index (χ4n) is 2.54. The Hall–Kier alpha value is -2.00. The van der Waals surface area contributed by atoms with Gasteiger partial charge in [0.25, 0.3) is 0 Å². The summed E-state index contributed by atoms with van der Waals surface area (Å²) >= 11 is 6.19. The highest BCUT2D eigenvalue weighted by atomic mass is 35.5. The molecule has 0 saturated carbocycles. The molecular formula is C13H13ClF3N3O3. The molecule has 23 heavy (non-hydrogen) atoms. The maximum Gasteiger partial charge on any atom is 0.490 e. The molecule has 6 nitrogen and oxygen atoms in total. The summed E-state index contributed by atoms with van der Waals surface area (Å²) in [5.74, 6) is -2.94. The number of carbonyl (C=O) groups is 2. The summed E-state index contributed by atoms with van der Waals surface area (Å²) in [4.78, 5) is 26.0. The Morgan fingerprint density at radius 1 is 1.52 bits per heavy atom. The van der Waals surface area contributed by atoms with E-state index in [0.717, 1.165) is 18.5 Å². The lowest BCUT2D eigenvalue weighted by Gasteiger charge is -2.35. The van der Waals surface area contributed by atoms with Crippen LogP contribution in [0.25, 0.3) is 0 Å². The van der Waals surface area contributed by atoms with Gasteiger partial charge in [0.1, 0.15) is 0 Å². The lowest BCUT2D eigenvalue weighted by molar-refractivity contribution is -0.192. The largest absolute Gasteiger partial charge is 0.490 e. The normalized spacial score (nSPS) is 20.7. The molecular weight excluding hydrogens is 339 g/mol. The molecule has 0 amide bonds. The third kappa shape index (κ3) is 3.06. The van der Waals surface area contributed by atoms with Gasteiger partial charge in [0.2, 0.25) is 5.78 Å². The highest BCUT2D eigenvalue weighted by Gasteiger charge is 2.39. The number of aromatic nitrogens is 1. The molecule has 2 aliphatic rings. The molecule has 1 aromatic rings. The van der Waals surface area contributed by atoms with E-state index in [2.05, 4.69) is 9.88 Å². The van der Waals surface area contributed by atoms with Gasteiger partial charge in [-0.05, 0) is 19.0 Å². The number of carboxylic acid groups (broad SMARTS) is 1. The van der Waals surface area contributed by atoms with Crippen LogP contribution in [0.4, 0.5) is 13.2 Å². The molecule has 1 atom stereocenters. The molecule has 1 aliphatic heterocycles. The number of nitrogens with zero attached hydrogens (tertiary/aromatic N) is 1. The van der Waals surface area contributed by atoms with Crippen molar-refractivity contribution in [1.82, 2.24) is 9.88 Å². The summed E-state index contributed by atoms with van der Waals surface area (Å²) in [6.07, 6.45) is -2.25. The van der Waals surface area contributed by atoms with E-state index in [4.69, 9.17) is 27.2 Å². The van der Waals surface area contributed by atoms with Crippen LogP contribution in [-0.2, 0) is 11.2 Å². The minimum Gasteiger partial charge on any atom is -0.475 e. The molecule has 2 heterocycles. The number of hydrogen-bond acceptors (Lipinski definition) is 4. The van der Waals surface area contributed by atoms with Crippen LogP contribution in [0.5, 0.6) is 0 Å². The number of carbonyl (C=O) groups excluding carboxylic acids is 1. The maximum absolute atomic E-state index is 11.9. The summed E-state index contributed by atoms with van der Waals surface area (Å²) in [6.45, 7) is 0.923. The van der Waals surface area contributed by atoms with E-state index >= 15 is 0 Å². The first-order chi connectivity index (χ1) is 10.6. The SMILES string of the molecule is CN1CCc2c[nH]c3c2C1C(Cl)=C(N)C3=O.O=C(O)C(F)(F)F. The van der Waals surface area contributed by atoms with Gasteiger partial charge in [0.05, 0.1) is 22.5 Å². The van der Waals surface area contributed by atoms with Crippen LogP contribution >= 0.6 is 11.6 Å². The Bertz CT molecular complexity index is 696. The minimum absolute atomic E-state index is 0.0515. The summed E-state index contributed by atoms with van der Waals surface area (Å²) in [5, 5.41) is 7.58. The number of ketones is 1. The number of nitrogens with two attached hydrogens (primary N) is 1. The third-order valence-electron chi connectivity index (χ3n) is 3.67. The second-order valence-electron chi connectivity index (χ2n) is 5.13. The first-order valence-electron chi connectivity index (χ1n) is 6.46. The number of allylic oxidation sites excluding steroid dienone is 1. The number of aliphatic carboxylic acids is 1. The summed E-state index contributed by atoms with van der Waals surface area (Å²) in [6, 6.07) is -0.0515. The van der Waals surface area contributed by atoms with Gasteiger partial charge in [0, 0.05) is 18.3 Å². The molecule has 0 spiro atoms. The van der Waals surface area contributed by atoms with E-state index in [1.54, 1.807) is 0 Å². The molecule has 126 valence electrons. The molecule has 0 radical (unpaired) electrons. The molecule has 0 saturated heterocycles. The fourth-order valence-corrected chi connectivity index (χ4v) is 2.90. The van der Waals surface area contributed by atoms with Crippen LogP contribution < -0.4 is 5.73 Å². The van der Waals surface area contributed by atoms with Crippen LogP contribution in [-0.4, -0.2) is 46.5 Å². The van der Waals surface area contributed by atoms with E-state index < -0.39 is 12.1 Å². The Morgan fingerprint density at radius 2 is 2.09 bits per heavy atom. The van der Waals surface area contributed by atoms with Gasteiger partial charge in [-0.1, -0.05) is 11.6 Å². The van der Waals surface area contributed by atoms with Crippen molar-refractivity contribution in [2.75, 3.05) is 13.6 Å². The van der Waals surface area contributed by atoms with E-state index in [-0.39, 0.29) is 17.5 Å². The number of Topliss-reactive ketones (excluding diaryl/α,β-unsaturated/α-hetero) is 1. The average Bonchev–Trinajstić information content (AvgIpc) is 2.87. The van der Waals surface area contributed by atoms with E-state index in [1.165, 1.54) is 5.56 Å². The monoisotopic (exact) mass is 351 g/mol. The standard InChI is InChI=1S/C11H12ClN3O.C2HF3O2/c1-15-3-2-5-4-14-9-6(5)10(15)7(12)8(13)11(9)16;3-2(4,5)1(6)7/h4,10,14H,2-3,13H2,1H3;(H,6,7). The molecule has 0 aromatic carbocycles. The first kappa shape index (κ1) is 17.4. The number of alkyl halides is 3. The van der Waals surface area contributed by atoms with Crippen molar-refractivity contribution in [3.8, 4) is 0 Å². The van der Waals surface area contributed by atoms with Gasteiger partial charge >= 0.3 is 12.1 Å². The Labute approximate surface area is 133 Å². The second kappa shape index (κ2) is 5.89. The second-order valence-corrected chi connectivity index (χ2v) is 5.54. The molecule has 0 fully saturated rings. The molecule has 3 rings (SSSR count). The van der Waals surface area contributed by atoms with Gasteiger partial charge < -0.3 is 15.8 Å². The number of carboxylic acids is 1. The highest BCUT2D eigenvalue weighted by molar-refractivity contribution is 6.34. The predicted molar refractivity (Wildman–Crippen MR) is 75.0 cm³/mol. The Morgan fingerprint density at radius 3 is 2.61 bits per heavy atom. The Balaban J connectivity index is 0.000000236. The molecule has 4 N–H and O–H groups in total. The van der Waals surface area contributed by atoms with Crippen molar-refractivity contribution in [3.05, 3.63) is 33.7 Å². The van der Waals surface area contributed by atoms with Crippen molar-refractivity contribution >= 4 is 23.4 Å². The molecule has 1 aliphatic carbocycles. The van der Waals surface area contributed by atoms with E-state index in [1.807, 2.05) is 13.2 Å². The first-order valence-corrected chi connectivity index (χ1v) is 6.83.